The quantitative estimate of drug-likeness (QED) is 0.679. The van der Waals surface area contributed by atoms with E-state index in [1.54, 1.807) is 10.8 Å². The van der Waals surface area contributed by atoms with Gasteiger partial charge in [0.1, 0.15) is 6.33 Å². The first kappa shape index (κ1) is 11.6. The van der Waals surface area contributed by atoms with Crippen LogP contribution < -0.4 is 4.90 Å². The summed E-state index contributed by atoms with van der Waals surface area (Å²) in [6.45, 7) is 4.46. The van der Waals surface area contributed by atoms with Crippen LogP contribution in [0.4, 0.5) is 5.82 Å². The molecule has 2 aromatic heterocycles. The number of anilines is 1. The predicted octanol–water partition coefficient (Wildman–Crippen LogP) is 2.51. The van der Waals surface area contributed by atoms with Crippen LogP contribution in [0.2, 0.25) is 0 Å². The van der Waals surface area contributed by atoms with Crippen molar-refractivity contribution in [3.8, 4) is 0 Å². The van der Waals surface area contributed by atoms with Gasteiger partial charge in [-0.05, 0) is 18.8 Å². The Morgan fingerprint density at radius 2 is 2.05 bits per heavy atom. The molecule has 1 aromatic carbocycles. The van der Waals surface area contributed by atoms with Gasteiger partial charge in [-0.3, -0.25) is 0 Å². The Kier molecular flexibility index (Phi) is 2.58. The van der Waals surface area contributed by atoms with Gasteiger partial charge in [-0.25, -0.2) is 0 Å². The summed E-state index contributed by atoms with van der Waals surface area (Å²) in [5.74, 6) is 1.78. The SMILES string of the molecule is C[C@H]1CCCN(c2nn3cnnc3c3ccccc23)C1. The third kappa shape index (κ3) is 1.73. The van der Waals surface area contributed by atoms with Gasteiger partial charge in [0, 0.05) is 23.9 Å². The summed E-state index contributed by atoms with van der Waals surface area (Å²) < 4.78 is 1.79. The van der Waals surface area contributed by atoms with Crippen LogP contribution in [0.3, 0.4) is 0 Å². The molecule has 0 aliphatic carbocycles. The molecule has 0 spiro atoms. The average molecular weight is 267 g/mol. The Morgan fingerprint density at radius 3 is 2.90 bits per heavy atom. The van der Waals surface area contributed by atoms with Crippen LogP contribution in [-0.2, 0) is 0 Å². The highest BCUT2D eigenvalue weighted by Crippen LogP contribution is 2.29. The number of piperidine rings is 1. The third-order valence-electron chi connectivity index (χ3n) is 4.10. The largest absolute Gasteiger partial charge is 0.354 e. The van der Waals surface area contributed by atoms with Crippen molar-refractivity contribution in [2.45, 2.75) is 19.8 Å². The number of fused-ring (bicyclic) bond motifs is 3. The number of hydrogen-bond acceptors (Lipinski definition) is 4. The van der Waals surface area contributed by atoms with Gasteiger partial charge in [0.15, 0.2) is 11.5 Å². The zero-order valence-corrected chi connectivity index (χ0v) is 11.5. The van der Waals surface area contributed by atoms with E-state index in [0.29, 0.717) is 0 Å². The molecule has 0 bridgehead atoms. The van der Waals surface area contributed by atoms with Crippen molar-refractivity contribution in [1.29, 1.82) is 0 Å². The van der Waals surface area contributed by atoms with Crippen LogP contribution in [0.1, 0.15) is 19.8 Å². The number of nitrogens with zero attached hydrogens (tertiary/aromatic N) is 5. The molecule has 20 heavy (non-hydrogen) atoms. The molecule has 0 radical (unpaired) electrons. The lowest BCUT2D eigenvalue weighted by Crippen LogP contribution is -2.35. The molecule has 1 aliphatic heterocycles. The van der Waals surface area contributed by atoms with Gasteiger partial charge >= 0.3 is 0 Å². The first-order valence-electron chi connectivity index (χ1n) is 7.16. The predicted molar refractivity (Wildman–Crippen MR) is 78.9 cm³/mol. The van der Waals surface area contributed by atoms with Crippen molar-refractivity contribution in [3.63, 3.8) is 0 Å². The third-order valence-corrected chi connectivity index (χ3v) is 4.10. The molecule has 5 heteroatoms. The van der Waals surface area contributed by atoms with Gasteiger partial charge in [0.2, 0.25) is 0 Å². The van der Waals surface area contributed by atoms with Crippen molar-refractivity contribution in [2.24, 2.45) is 5.92 Å². The van der Waals surface area contributed by atoms with E-state index in [4.69, 9.17) is 5.10 Å². The second-order valence-electron chi connectivity index (χ2n) is 5.66. The highest BCUT2D eigenvalue weighted by molar-refractivity contribution is 6.00. The fourth-order valence-corrected chi connectivity index (χ4v) is 3.12. The van der Waals surface area contributed by atoms with E-state index in [-0.39, 0.29) is 0 Å². The van der Waals surface area contributed by atoms with Crippen molar-refractivity contribution in [2.75, 3.05) is 18.0 Å². The maximum atomic E-state index is 4.74. The van der Waals surface area contributed by atoms with Gasteiger partial charge in [-0.1, -0.05) is 31.2 Å². The molecule has 0 unspecified atom stereocenters. The highest BCUT2D eigenvalue weighted by Gasteiger charge is 2.21. The van der Waals surface area contributed by atoms with E-state index < -0.39 is 0 Å². The molecular weight excluding hydrogens is 250 g/mol. The van der Waals surface area contributed by atoms with Crippen molar-refractivity contribution < 1.29 is 0 Å². The van der Waals surface area contributed by atoms with Crippen LogP contribution in [0.15, 0.2) is 30.6 Å². The second-order valence-corrected chi connectivity index (χ2v) is 5.66. The summed E-state index contributed by atoms with van der Waals surface area (Å²) >= 11 is 0. The van der Waals surface area contributed by atoms with E-state index in [2.05, 4.69) is 40.2 Å². The minimum absolute atomic E-state index is 0.723. The molecule has 4 rings (SSSR count). The lowest BCUT2D eigenvalue weighted by atomic mass is 10.00. The van der Waals surface area contributed by atoms with E-state index in [1.165, 1.54) is 18.2 Å². The fraction of sp³-hybridized carbons (Fsp3) is 0.400. The minimum Gasteiger partial charge on any atom is -0.354 e. The summed E-state index contributed by atoms with van der Waals surface area (Å²) in [7, 11) is 0. The summed E-state index contributed by atoms with van der Waals surface area (Å²) in [5, 5.41) is 15.2. The lowest BCUT2D eigenvalue weighted by molar-refractivity contribution is 0.444. The van der Waals surface area contributed by atoms with E-state index in [9.17, 15) is 0 Å². The van der Waals surface area contributed by atoms with Gasteiger partial charge in [-0.15, -0.1) is 15.3 Å². The maximum absolute atomic E-state index is 4.74. The zero-order chi connectivity index (χ0) is 13.5. The lowest BCUT2D eigenvalue weighted by Gasteiger charge is -2.32. The average Bonchev–Trinajstić information content (AvgIpc) is 2.95. The number of aromatic nitrogens is 4. The number of rotatable bonds is 1. The topological polar surface area (TPSA) is 46.3 Å². The molecule has 3 heterocycles. The van der Waals surface area contributed by atoms with E-state index in [1.807, 2.05) is 6.07 Å². The molecule has 0 saturated carbocycles. The molecule has 0 amide bonds. The van der Waals surface area contributed by atoms with Crippen LogP contribution in [0, 0.1) is 5.92 Å². The molecule has 0 N–H and O–H groups in total. The normalized spacial score (nSPS) is 19.9. The molecule has 1 atom stereocenters. The summed E-state index contributed by atoms with van der Waals surface area (Å²) in [6, 6.07) is 8.33. The van der Waals surface area contributed by atoms with Gasteiger partial charge in [0.05, 0.1) is 0 Å². The molecule has 1 saturated heterocycles. The Balaban J connectivity index is 1.96. The molecule has 102 valence electrons. The summed E-state index contributed by atoms with van der Waals surface area (Å²) in [4.78, 5) is 2.40. The first-order chi connectivity index (χ1) is 9.83. The van der Waals surface area contributed by atoms with E-state index >= 15 is 0 Å². The monoisotopic (exact) mass is 267 g/mol. The van der Waals surface area contributed by atoms with Crippen LogP contribution >= 0.6 is 0 Å². The van der Waals surface area contributed by atoms with Crippen molar-refractivity contribution in [3.05, 3.63) is 30.6 Å². The van der Waals surface area contributed by atoms with Gasteiger partial charge in [0.25, 0.3) is 0 Å². The van der Waals surface area contributed by atoms with Gasteiger partial charge < -0.3 is 4.90 Å². The summed E-state index contributed by atoms with van der Waals surface area (Å²) in [6.07, 6.45) is 4.22. The Labute approximate surface area is 117 Å². The minimum atomic E-state index is 0.723. The van der Waals surface area contributed by atoms with Crippen LogP contribution in [0.5, 0.6) is 0 Å². The Hall–Kier alpha value is -2.17. The highest BCUT2D eigenvalue weighted by atomic mass is 15.4. The van der Waals surface area contributed by atoms with Crippen LogP contribution in [-0.4, -0.2) is 32.9 Å². The summed E-state index contributed by atoms with van der Waals surface area (Å²) in [5.41, 5.74) is 0.828. The molecular formula is C15H17N5. The second kappa shape index (κ2) is 4.44. The van der Waals surface area contributed by atoms with Gasteiger partial charge in [-0.2, -0.15) is 4.52 Å². The van der Waals surface area contributed by atoms with Crippen LogP contribution in [0.25, 0.3) is 16.4 Å². The van der Waals surface area contributed by atoms with Crippen molar-refractivity contribution in [1.82, 2.24) is 19.8 Å². The molecule has 5 nitrogen and oxygen atoms in total. The number of hydrogen-bond donors (Lipinski definition) is 0. The maximum Gasteiger partial charge on any atom is 0.185 e. The smallest absolute Gasteiger partial charge is 0.185 e. The standard InChI is InChI=1S/C15H17N5/c1-11-5-4-8-19(9-11)15-13-7-3-2-6-12(13)14-17-16-10-20(14)18-15/h2-3,6-7,10-11H,4-5,8-9H2,1H3/t11-/m0/s1. The zero-order valence-electron chi connectivity index (χ0n) is 11.5. The molecule has 1 fully saturated rings. The Morgan fingerprint density at radius 1 is 1.20 bits per heavy atom. The number of benzene rings is 1. The fourth-order valence-electron chi connectivity index (χ4n) is 3.12. The molecule has 3 aromatic rings. The van der Waals surface area contributed by atoms with Crippen molar-refractivity contribution >= 4 is 22.2 Å². The molecule has 1 aliphatic rings. The Bertz CT molecular complexity index is 763. The first-order valence-corrected chi connectivity index (χ1v) is 7.16. The van der Waals surface area contributed by atoms with E-state index in [0.717, 1.165) is 35.9 Å².